The fourth-order valence-electron chi connectivity index (χ4n) is 4.84. The predicted octanol–water partition coefficient (Wildman–Crippen LogP) is 5.66. The van der Waals surface area contributed by atoms with Crippen LogP contribution in [0.15, 0.2) is 47.4 Å². The van der Waals surface area contributed by atoms with Crippen molar-refractivity contribution < 1.29 is 13.2 Å². The molecule has 2 unspecified atom stereocenters. The lowest BCUT2D eigenvalue weighted by Gasteiger charge is -2.34. The molecule has 0 aromatic heterocycles. The van der Waals surface area contributed by atoms with Gasteiger partial charge in [0, 0.05) is 26.1 Å². The molecule has 1 heterocycles. The molecule has 0 bridgehead atoms. The highest BCUT2D eigenvalue weighted by molar-refractivity contribution is 7.91. The standard InChI is InChI=1S/C25H35NO3S/c1-6-8-14-25(7-2)17-21(19-12-10-9-11-13-19)20-15-22(26(3)4)23(29-5)16-24(20)30(27,28)18-25/h9-13,15-16,21H,6-8,14,17-18H2,1-5H3. The van der Waals surface area contributed by atoms with Crippen molar-refractivity contribution in [1.29, 1.82) is 0 Å². The van der Waals surface area contributed by atoms with E-state index >= 15 is 0 Å². The first-order valence-corrected chi connectivity index (χ1v) is 12.6. The second-order valence-electron chi connectivity index (χ2n) is 8.84. The highest BCUT2D eigenvalue weighted by Gasteiger charge is 2.42. The number of unbranched alkanes of at least 4 members (excludes halogenated alkanes) is 1. The topological polar surface area (TPSA) is 46.6 Å². The van der Waals surface area contributed by atoms with E-state index in [0.717, 1.165) is 43.4 Å². The van der Waals surface area contributed by atoms with E-state index in [2.05, 4.69) is 26.0 Å². The van der Waals surface area contributed by atoms with Gasteiger partial charge in [-0.1, -0.05) is 57.0 Å². The van der Waals surface area contributed by atoms with E-state index in [1.54, 1.807) is 13.2 Å². The van der Waals surface area contributed by atoms with Gasteiger partial charge in [-0.3, -0.25) is 0 Å². The fraction of sp³-hybridized carbons (Fsp3) is 0.520. The average molecular weight is 430 g/mol. The number of nitrogens with zero attached hydrogens (tertiary/aromatic N) is 1. The third-order valence-electron chi connectivity index (χ3n) is 6.65. The Bertz CT molecular complexity index is 969. The second-order valence-corrected chi connectivity index (χ2v) is 10.8. The molecule has 4 nitrogen and oxygen atoms in total. The minimum atomic E-state index is -3.44. The van der Waals surface area contributed by atoms with Crippen molar-refractivity contribution in [2.24, 2.45) is 5.41 Å². The first kappa shape index (κ1) is 22.7. The van der Waals surface area contributed by atoms with Gasteiger partial charge in [0.15, 0.2) is 9.84 Å². The summed E-state index contributed by atoms with van der Waals surface area (Å²) in [6, 6.07) is 14.2. The first-order chi connectivity index (χ1) is 14.3. The van der Waals surface area contributed by atoms with Crippen molar-refractivity contribution >= 4 is 15.5 Å². The molecule has 0 radical (unpaired) electrons. The van der Waals surface area contributed by atoms with Crippen LogP contribution in [0.1, 0.15) is 63.0 Å². The fourth-order valence-corrected chi connectivity index (χ4v) is 7.11. The van der Waals surface area contributed by atoms with Gasteiger partial charge >= 0.3 is 0 Å². The summed E-state index contributed by atoms with van der Waals surface area (Å²) in [6.07, 6.45) is 4.77. The van der Waals surface area contributed by atoms with E-state index in [0.29, 0.717) is 10.6 Å². The maximum Gasteiger partial charge on any atom is 0.179 e. The van der Waals surface area contributed by atoms with E-state index in [4.69, 9.17) is 4.74 Å². The van der Waals surface area contributed by atoms with Gasteiger partial charge in [-0.2, -0.15) is 0 Å². The Kier molecular flexibility index (Phi) is 6.81. The number of methoxy groups -OCH3 is 1. The van der Waals surface area contributed by atoms with Crippen LogP contribution in [0.25, 0.3) is 0 Å². The highest BCUT2D eigenvalue weighted by atomic mass is 32.2. The van der Waals surface area contributed by atoms with Crippen LogP contribution in [0.2, 0.25) is 0 Å². The Labute approximate surface area is 182 Å². The third kappa shape index (κ3) is 4.36. The van der Waals surface area contributed by atoms with Crippen LogP contribution in [-0.2, 0) is 9.84 Å². The summed E-state index contributed by atoms with van der Waals surface area (Å²) in [7, 11) is 2.08. The van der Waals surface area contributed by atoms with Crippen LogP contribution >= 0.6 is 0 Å². The Morgan fingerprint density at radius 3 is 2.40 bits per heavy atom. The predicted molar refractivity (Wildman–Crippen MR) is 125 cm³/mol. The molecule has 0 saturated carbocycles. The molecule has 3 rings (SSSR count). The Morgan fingerprint density at radius 2 is 1.83 bits per heavy atom. The molecule has 0 fully saturated rings. The molecule has 0 spiro atoms. The molecule has 5 heteroatoms. The van der Waals surface area contributed by atoms with Gasteiger partial charge in [0.05, 0.1) is 23.4 Å². The molecule has 1 aliphatic heterocycles. The Hall–Kier alpha value is -2.01. The molecule has 2 aromatic carbocycles. The zero-order chi connectivity index (χ0) is 21.9. The van der Waals surface area contributed by atoms with E-state index in [9.17, 15) is 8.42 Å². The minimum absolute atomic E-state index is 0.0416. The lowest BCUT2D eigenvalue weighted by molar-refractivity contribution is 0.247. The van der Waals surface area contributed by atoms with Crippen LogP contribution in [0, 0.1) is 5.41 Å². The van der Waals surface area contributed by atoms with Crippen LogP contribution < -0.4 is 9.64 Å². The van der Waals surface area contributed by atoms with Crippen molar-refractivity contribution in [2.75, 3.05) is 31.9 Å². The highest BCUT2D eigenvalue weighted by Crippen LogP contribution is 2.50. The van der Waals surface area contributed by atoms with Crippen molar-refractivity contribution in [3.05, 3.63) is 53.6 Å². The molecule has 30 heavy (non-hydrogen) atoms. The minimum Gasteiger partial charge on any atom is -0.495 e. The molecule has 0 N–H and O–H groups in total. The van der Waals surface area contributed by atoms with Gasteiger partial charge in [0.2, 0.25) is 0 Å². The zero-order valence-electron chi connectivity index (χ0n) is 18.9. The van der Waals surface area contributed by atoms with Crippen LogP contribution in [0.3, 0.4) is 0 Å². The van der Waals surface area contributed by atoms with Gasteiger partial charge in [0.25, 0.3) is 0 Å². The van der Waals surface area contributed by atoms with E-state index in [1.807, 2.05) is 43.3 Å². The normalized spacial score (nSPS) is 22.8. The molecule has 2 atom stereocenters. The molecular weight excluding hydrogens is 394 g/mol. The summed E-state index contributed by atoms with van der Waals surface area (Å²) in [5.41, 5.74) is 2.77. The van der Waals surface area contributed by atoms with Crippen LogP contribution in [0.4, 0.5) is 5.69 Å². The maximum absolute atomic E-state index is 13.7. The van der Waals surface area contributed by atoms with Crippen LogP contribution in [0.5, 0.6) is 5.75 Å². The molecule has 0 saturated heterocycles. The monoisotopic (exact) mass is 429 g/mol. The quantitative estimate of drug-likeness (QED) is 0.570. The lowest BCUT2D eigenvalue weighted by atomic mass is 9.71. The molecular formula is C25H35NO3S. The lowest BCUT2D eigenvalue weighted by Crippen LogP contribution is -2.29. The number of benzene rings is 2. The third-order valence-corrected chi connectivity index (χ3v) is 8.67. The first-order valence-electron chi connectivity index (χ1n) is 10.9. The molecule has 1 aliphatic rings. The van der Waals surface area contributed by atoms with Crippen molar-refractivity contribution in [3.8, 4) is 5.75 Å². The Morgan fingerprint density at radius 1 is 1.13 bits per heavy atom. The Balaban J connectivity index is 2.29. The SMILES string of the molecule is CCCCC1(CC)CC(c2ccccc2)c2cc(N(C)C)c(OC)cc2S(=O)(=O)C1. The van der Waals surface area contributed by atoms with Crippen molar-refractivity contribution in [3.63, 3.8) is 0 Å². The van der Waals surface area contributed by atoms with Gasteiger partial charge in [-0.15, -0.1) is 0 Å². The number of sulfone groups is 1. The largest absolute Gasteiger partial charge is 0.495 e. The average Bonchev–Trinajstić information content (AvgIpc) is 2.84. The number of fused-ring (bicyclic) bond motifs is 1. The summed E-state index contributed by atoms with van der Waals surface area (Å²) < 4.78 is 33.0. The van der Waals surface area contributed by atoms with Gasteiger partial charge in [-0.25, -0.2) is 8.42 Å². The molecule has 0 amide bonds. The maximum atomic E-state index is 13.7. The van der Waals surface area contributed by atoms with Gasteiger partial charge in [-0.05, 0) is 41.9 Å². The number of ether oxygens (including phenoxy) is 1. The van der Waals surface area contributed by atoms with Gasteiger partial charge < -0.3 is 9.64 Å². The smallest absolute Gasteiger partial charge is 0.179 e. The molecule has 164 valence electrons. The number of hydrogen-bond donors (Lipinski definition) is 0. The number of rotatable bonds is 7. The number of anilines is 1. The second kappa shape index (κ2) is 9.01. The van der Waals surface area contributed by atoms with Crippen molar-refractivity contribution in [2.45, 2.75) is 56.8 Å². The summed E-state index contributed by atoms with van der Waals surface area (Å²) in [5, 5.41) is 0. The summed E-state index contributed by atoms with van der Waals surface area (Å²) in [5.74, 6) is 0.851. The molecule has 0 aliphatic carbocycles. The van der Waals surface area contributed by atoms with Gasteiger partial charge in [0.1, 0.15) is 5.75 Å². The van der Waals surface area contributed by atoms with Crippen LogP contribution in [-0.4, -0.2) is 35.4 Å². The summed E-state index contributed by atoms with van der Waals surface area (Å²) in [6.45, 7) is 4.32. The van der Waals surface area contributed by atoms with Crippen molar-refractivity contribution in [1.82, 2.24) is 0 Å². The molecule has 2 aromatic rings. The van der Waals surface area contributed by atoms with E-state index < -0.39 is 9.84 Å². The zero-order valence-corrected chi connectivity index (χ0v) is 19.8. The van der Waals surface area contributed by atoms with E-state index in [1.165, 1.54) is 5.56 Å². The summed E-state index contributed by atoms with van der Waals surface area (Å²) >= 11 is 0. The number of hydrogen-bond acceptors (Lipinski definition) is 4. The van der Waals surface area contributed by atoms with E-state index in [-0.39, 0.29) is 17.1 Å². The summed E-state index contributed by atoms with van der Waals surface area (Å²) in [4.78, 5) is 2.42.